The third-order valence-corrected chi connectivity index (χ3v) is 9.19. The highest BCUT2D eigenvalue weighted by Gasteiger charge is 2.61. The van der Waals surface area contributed by atoms with E-state index in [1.807, 2.05) is 0 Å². The molecule has 4 N–H and O–H groups in total. The Bertz CT molecular complexity index is 722. The van der Waals surface area contributed by atoms with Crippen molar-refractivity contribution in [2.45, 2.75) is 65.7 Å². The molecule has 168 valence electrons. The van der Waals surface area contributed by atoms with Gasteiger partial charge in [0.05, 0.1) is 6.61 Å². The standard InChI is InChI=1S/C24H39N3O3/c1-15(28)26-14-16-12-18-19-4-5-22(29)24(19,3)9-7-20(18)23(2)8-6-17(13-21(16)23)27-30-11-10-25/h13,16,18-21,27H,4-12,14,25H2,1-3H3,(H,26,28)/t16?,18-,19-,20+,21?,23+,24-/m0/s1. The molecule has 2 unspecified atom stereocenters. The maximum atomic E-state index is 12.7. The van der Waals surface area contributed by atoms with E-state index in [1.54, 1.807) is 6.92 Å². The zero-order chi connectivity index (χ0) is 21.5. The van der Waals surface area contributed by atoms with E-state index in [0.717, 1.165) is 50.6 Å². The molecule has 6 nitrogen and oxygen atoms in total. The van der Waals surface area contributed by atoms with Crippen molar-refractivity contribution in [3.8, 4) is 0 Å². The van der Waals surface area contributed by atoms with Gasteiger partial charge in [-0.25, -0.2) is 0 Å². The lowest BCUT2D eigenvalue weighted by molar-refractivity contribution is -0.139. The molecule has 4 aliphatic rings. The zero-order valence-electron chi connectivity index (χ0n) is 18.8. The van der Waals surface area contributed by atoms with Gasteiger partial charge in [0.15, 0.2) is 0 Å². The average Bonchev–Trinajstić information content (AvgIpc) is 3.01. The zero-order valence-corrected chi connectivity index (χ0v) is 18.8. The van der Waals surface area contributed by atoms with E-state index >= 15 is 0 Å². The normalized spacial score (nSPS) is 42.6. The highest BCUT2D eigenvalue weighted by molar-refractivity contribution is 5.87. The van der Waals surface area contributed by atoms with Crippen LogP contribution in [0.15, 0.2) is 11.8 Å². The van der Waals surface area contributed by atoms with Gasteiger partial charge in [-0.1, -0.05) is 19.9 Å². The lowest BCUT2D eigenvalue weighted by Gasteiger charge is -2.61. The number of hydrogen-bond donors (Lipinski definition) is 3. The summed E-state index contributed by atoms with van der Waals surface area (Å²) < 4.78 is 0. The van der Waals surface area contributed by atoms with Crippen molar-refractivity contribution >= 4 is 11.7 Å². The first kappa shape index (κ1) is 21.8. The fraction of sp³-hybridized carbons (Fsp3) is 0.833. The van der Waals surface area contributed by atoms with Gasteiger partial charge in [-0.05, 0) is 73.5 Å². The van der Waals surface area contributed by atoms with Crippen LogP contribution in [0.2, 0.25) is 0 Å². The Hall–Kier alpha value is -1.40. The van der Waals surface area contributed by atoms with Gasteiger partial charge in [-0.2, -0.15) is 0 Å². The third kappa shape index (κ3) is 3.60. The summed E-state index contributed by atoms with van der Waals surface area (Å²) in [6, 6.07) is 0. The number of hydroxylamine groups is 1. The number of amides is 1. The van der Waals surface area contributed by atoms with Crippen molar-refractivity contribution in [2.24, 2.45) is 46.2 Å². The molecule has 0 bridgehead atoms. The Labute approximate surface area is 180 Å². The van der Waals surface area contributed by atoms with Crippen molar-refractivity contribution < 1.29 is 14.4 Å². The molecule has 4 rings (SSSR count). The van der Waals surface area contributed by atoms with E-state index in [2.05, 4.69) is 30.7 Å². The van der Waals surface area contributed by atoms with E-state index in [1.165, 1.54) is 0 Å². The van der Waals surface area contributed by atoms with Gasteiger partial charge in [0.25, 0.3) is 0 Å². The molecular formula is C24H39N3O3. The van der Waals surface area contributed by atoms with Crippen LogP contribution in [0.25, 0.3) is 0 Å². The van der Waals surface area contributed by atoms with E-state index in [9.17, 15) is 9.59 Å². The minimum absolute atomic E-state index is 0.0350. The molecule has 30 heavy (non-hydrogen) atoms. The highest BCUT2D eigenvalue weighted by atomic mass is 16.6. The van der Waals surface area contributed by atoms with Crippen LogP contribution in [0, 0.1) is 40.4 Å². The molecule has 3 fully saturated rings. The predicted molar refractivity (Wildman–Crippen MR) is 116 cm³/mol. The first-order chi connectivity index (χ1) is 14.3. The van der Waals surface area contributed by atoms with Crippen LogP contribution in [0.3, 0.4) is 0 Å². The summed E-state index contributed by atoms with van der Waals surface area (Å²) in [6.45, 7) is 8.01. The molecule has 0 heterocycles. The van der Waals surface area contributed by atoms with Gasteiger partial charge in [0.1, 0.15) is 5.78 Å². The van der Waals surface area contributed by atoms with Gasteiger partial charge in [-0.15, -0.1) is 0 Å². The predicted octanol–water partition coefficient (Wildman–Crippen LogP) is 2.93. The van der Waals surface area contributed by atoms with Gasteiger partial charge < -0.3 is 11.1 Å². The van der Waals surface area contributed by atoms with Crippen LogP contribution in [0.5, 0.6) is 0 Å². The van der Waals surface area contributed by atoms with E-state index in [0.29, 0.717) is 55.1 Å². The fourth-order valence-corrected chi connectivity index (χ4v) is 7.64. The monoisotopic (exact) mass is 417 g/mol. The fourth-order valence-electron chi connectivity index (χ4n) is 7.64. The highest BCUT2D eigenvalue weighted by Crippen LogP contribution is 2.66. The molecule has 0 aromatic heterocycles. The summed E-state index contributed by atoms with van der Waals surface area (Å²) in [6.07, 6.45) is 9.61. The molecular weight excluding hydrogens is 378 g/mol. The molecule has 3 saturated carbocycles. The summed E-state index contributed by atoms with van der Waals surface area (Å²) in [4.78, 5) is 29.9. The summed E-state index contributed by atoms with van der Waals surface area (Å²) in [7, 11) is 0. The number of fused-ring (bicyclic) bond motifs is 5. The van der Waals surface area contributed by atoms with Crippen molar-refractivity contribution in [3.63, 3.8) is 0 Å². The molecule has 0 aromatic rings. The molecule has 4 aliphatic carbocycles. The van der Waals surface area contributed by atoms with Gasteiger partial charge in [-0.3, -0.25) is 19.9 Å². The molecule has 7 atom stereocenters. The second-order valence-electron chi connectivity index (χ2n) is 10.7. The lowest BCUT2D eigenvalue weighted by atomic mass is 9.44. The number of carbonyl (C=O) groups excluding carboxylic acids is 2. The van der Waals surface area contributed by atoms with E-state index in [-0.39, 0.29) is 16.7 Å². The number of Topliss-reactive ketones (excluding diaryl/α,β-unsaturated/α-hetero) is 1. The topological polar surface area (TPSA) is 93.5 Å². The Balaban J connectivity index is 1.62. The molecule has 0 saturated heterocycles. The Morgan fingerprint density at radius 3 is 2.77 bits per heavy atom. The number of nitrogens with one attached hydrogen (secondary N) is 2. The van der Waals surface area contributed by atoms with Gasteiger partial charge in [0, 0.05) is 37.5 Å². The van der Waals surface area contributed by atoms with Crippen LogP contribution in [0.4, 0.5) is 0 Å². The Morgan fingerprint density at radius 2 is 2.03 bits per heavy atom. The van der Waals surface area contributed by atoms with Crippen LogP contribution in [-0.2, 0) is 14.4 Å². The van der Waals surface area contributed by atoms with Crippen molar-refractivity contribution in [1.82, 2.24) is 10.8 Å². The number of nitrogens with two attached hydrogens (primary N) is 1. The second kappa shape index (κ2) is 8.27. The van der Waals surface area contributed by atoms with Gasteiger partial charge >= 0.3 is 0 Å². The quantitative estimate of drug-likeness (QED) is 0.456. The smallest absolute Gasteiger partial charge is 0.216 e. The van der Waals surface area contributed by atoms with Crippen LogP contribution in [-0.4, -0.2) is 31.4 Å². The minimum atomic E-state index is -0.115. The number of hydrogen-bond acceptors (Lipinski definition) is 5. The summed E-state index contributed by atoms with van der Waals surface area (Å²) in [5.74, 6) is 3.08. The van der Waals surface area contributed by atoms with Crippen molar-refractivity contribution in [2.75, 3.05) is 19.7 Å². The number of rotatable bonds is 6. The maximum Gasteiger partial charge on any atom is 0.216 e. The largest absolute Gasteiger partial charge is 0.356 e. The van der Waals surface area contributed by atoms with Crippen LogP contribution < -0.4 is 16.5 Å². The first-order valence-corrected chi connectivity index (χ1v) is 11.9. The SMILES string of the molecule is CC(=O)NCC1C[C@@H]2[C@@H](CC[C@]3(C)C(=O)CC[C@@H]23)[C@@]2(C)CCC(NOCCN)=CC12. The van der Waals surface area contributed by atoms with Crippen LogP contribution >= 0.6 is 0 Å². The lowest BCUT2D eigenvalue weighted by Crippen LogP contribution is -2.56. The van der Waals surface area contributed by atoms with E-state index < -0.39 is 0 Å². The molecule has 0 spiro atoms. The molecule has 6 heteroatoms. The first-order valence-electron chi connectivity index (χ1n) is 11.9. The summed E-state index contributed by atoms with van der Waals surface area (Å²) in [5, 5.41) is 3.10. The second-order valence-corrected chi connectivity index (χ2v) is 10.7. The van der Waals surface area contributed by atoms with Crippen LogP contribution in [0.1, 0.15) is 65.7 Å². The summed E-state index contributed by atoms with van der Waals surface area (Å²) >= 11 is 0. The molecule has 0 aromatic carbocycles. The average molecular weight is 418 g/mol. The number of ketones is 1. The van der Waals surface area contributed by atoms with Crippen molar-refractivity contribution in [1.29, 1.82) is 0 Å². The maximum absolute atomic E-state index is 12.7. The molecule has 1 amide bonds. The Morgan fingerprint density at radius 1 is 1.23 bits per heavy atom. The Kier molecular flexibility index (Phi) is 6.01. The molecule has 0 radical (unpaired) electrons. The summed E-state index contributed by atoms with van der Waals surface area (Å²) in [5.41, 5.74) is 9.92. The minimum Gasteiger partial charge on any atom is -0.356 e. The van der Waals surface area contributed by atoms with Gasteiger partial charge in [0.2, 0.25) is 5.91 Å². The third-order valence-electron chi connectivity index (χ3n) is 9.19. The number of allylic oxidation sites excluding steroid dienone is 2. The molecule has 0 aliphatic heterocycles. The number of carbonyl (C=O) groups is 2. The van der Waals surface area contributed by atoms with Crippen molar-refractivity contribution in [3.05, 3.63) is 11.8 Å². The van der Waals surface area contributed by atoms with E-state index in [4.69, 9.17) is 10.6 Å².